The van der Waals surface area contributed by atoms with Gasteiger partial charge < -0.3 is 66.2 Å². The Bertz CT molecular complexity index is 3600. The maximum atomic E-state index is 16.6. The fourth-order valence-electron chi connectivity index (χ4n) is 9.30. The Labute approximate surface area is 525 Å². The first kappa shape index (κ1) is 69.4. The van der Waals surface area contributed by atoms with E-state index in [0.717, 1.165) is 45.5 Å². The molecular weight excluding hydrogens is 1290 g/mol. The second kappa shape index (κ2) is 31.7. The Balaban J connectivity index is 0.782. The number of urea groups is 1. The van der Waals surface area contributed by atoms with Crippen LogP contribution in [0.3, 0.4) is 0 Å². The van der Waals surface area contributed by atoms with Gasteiger partial charge in [-0.1, -0.05) is 26.0 Å². The van der Waals surface area contributed by atoms with E-state index in [1.807, 2.05) is 0 Å². The number of fused-ring (bicyclic) bond motifs is 2. The molecule has 8 rings (SSSR count). The van der Waals surface area contributed by atoms with Crippen LogP contribution in [0.2, 0.25) is 0 Å². The highest BCUT2D eigenvalue weighted by molar-refractivity contribution is 8.07. The van der Waals surface area contributed by atoms with Gasteiger partial charge in [-0.15, -0.1) is 9.42 Å². The molecule has 2 fully saturated rings. The Hall–Kier alpha value is -8.49. The van der Waals surface area contributed by atoms with Gasteiger partial charge in [-0.25, -0.2) is 53.1 Å². The number of carbonyl (C=O) groups is 8. The molecule has 4 aromatic heterocycles. The van der Waals surface area contributed by atoms with E-state index in [1.165, 1.54) is 30.1 Å². The smallest absolute Gasteiger partial charge is 0.447 e. The number of nitrogens with two attached hydrogens (primary N) is 2. The SMILES string of the molecule is CC(C)C(NC(=O)CCOCCN1C(=O)C=CC1=O)C(=O)NC(CCCNC(N)=O)C(=O)Nc1ccc(COC(=O)N(C)CCOC(=O)Nc2ncnc3c2ncn3C2OC(CO[P+](=O)O)C(OP(O)(=S)OC3CC(F)C(n4cnc5c(N)ncnc54)O3)C2F)cc1. The summed E-state index contributed by atoms with van der Waals surface area (Å²) in [5, 5.41) is 12.9. The molecule has 7 heterocycles. The summed E-state index contributed by atoms with van der Waals surface area (Å²) in [7, 11) is -1.86. The predicted octanol–water partition coefficient (Wildman–Crippen LogP) is 1.51. The number of aromatic nitrogens is 8. The number of imidazole rings is 2. The number of imide groups is 1. The summed E-state index contributed by atoms with van der Waals surface area (Å²) in [6, 6.07) is 3.17. The van der Waals surface area contributed by atoms with Gasteiger partial charge >= 0.3 is 33.2 Å². The molecule has 0 saturated carbocycles. The molecule has 0 aliphatic carbocycles. The maximum Gasteiger partial charge on any atom is 0.694 e. The zero-order chi connectivity index (χ0) is 66.4. The van der Waals surface area contributed by atoms with Crippen molar-refractivity contribution in [1.29, 1.82) is 0 Å². The zero-order valence-electron chi connectivity index (χ0n) is 49.1. The van der Waals surface area contributed by atoms with Crippen LogP contribution in [0, 0.1) is 5.92 Å². The highest BCUT2D eigenvalue weighted by Crippen LogP contribution is 2.53. The van der Waals surface area contributed by atoms with Gasteiger partial charge in [-0.2, -0.15) is 0 Å². The Kier molecular flexibility index (Phi) is 23.9. The topological polar surface area (TPSA) is 474 Å². The van der Waals surface area contributed by atoms with Crippen LogP contribution in [0.4, 0.5) is 40.5 Å². The van der Waals surface area contributed by atoms with Crippen LogP contribution in [-0.4, -0.2) is 202 Å². The molecule has 3 aliphatic rings. The van der Waals surface area contributed by atoms with Gasteiger partial charge in [0.1, 0.15) is 62.3 Å². The van der Waals surface area contributed by atoms with Gasteiger partial charge in [0.25, 0.3) is 11.8 Å². The van der Waals surface area contributed by atoms with E-state index >= 15 is 8.78 Å². The van der Waals surface area contributed by atoms with Crippen LogP contribution in [0.1, 0.15) is 57.6 Å². The molecule has 41 heteroatoms. The van der Waals surface area contributed by atoms with Crippen LogP contribution >= 0.6 is 15.0 Å². The molecule has 36 nitrogen and oxygen atoms in total. The van der Waals surface area contributed by atoms with Crippen LogP contribution in [0.25, 0.3) is 22.3 Å². The summed E-state index contributed by atoms with van der Waals surface area (Å²) in [5.74, 6) is -3.36. The largest absolute Gasteiger partial charge is 0.694 e. The van der Waals surface area contributed by atoms with Gasteiger partial charge in [-0.05, 0) is 48.3 Å². The molecule has 92 heavy (non-hydrogen) atoms. The number of likely N-dealkylation sites (N-methyl/N-ethyl adjacent to an activating group) is 1. The van der Waals surface area contributed by atoms with Crippen molar-refractivity contribution in [2.75, 3.05) is 69.5 Å². The molecule has 1 aromatic carbocycles. The number of primary amides is 1. The van der Waals surface area contributed by atoms with Crippen molar-refractivity contribution in [1.82, 2.24) is 64.8 Å². The van der Waals surface area contributed by atoms with Crippen LogP contribution < -0.4 is 38.1 Å². The lowest BCUT2D eigenvalue weighted by Crippen LogP contribution is -2.54. The number of hydrogen-bond donors (Lipinski definition) is 9. The first-order valence-electron chi connectivity index (χ1n) is 28.0. The monoisotopic (exact) mass is 1350 g/mol. The molecule has 0 radical (unpaired) electrons. The lowest BCUT2D eigenvalue weighted by Gasteiger charge is -2.25. The molecule has 11 N–H and O–H groups in total. The van der Waals surface area contributed by atoms with E-state index in [9.17, 15) is 52.7 Å². The molecular formula is C51H64F2N17O19P2S+. The van der Waals surface area contributed by atoms with Crippen LogP contribution in [0.5, 0.6) is 0 Å². The summed E-state index contributed by atoms with van der Waals surface area (Å²) < 4.78 is 89.4. The molecule has 0 bridgehead atoms. The minimum absolute atomic E-state index is 0.000169. The van der Waals surface area contributed by atoms with E-state index in [0.29, 0.717) is 11.3 Å². The van der Waals surface area contributed by atoms with Crippen molar-refractivity contribution in [3.8, 4) is 0 Å². The molecule has 9 amide bonds. The van der Waals surface area contributed by atoms with Crippen molar-refractivity contribution in [2.24, 2.45) is 11.7 Å². The second-order valence-corrected chi connectivity index (χ2v) is 24.2. The number of rotatable bonds is 31. The third-order valence-electron chi connectivity index (χ3n) is 13.9. The molecule has 0 spiro atoms. The van der Waals surface area contributed by atoms with E-state index < -0.39 is 137 Å². The number of anilines is 3. The third-order valence-corrected chi connectivity index (χ3v) is 15.8. The summed E-state index contributed by atoms with van der Waals surface area (Å²) in [6.07, 6.45) is -7.47. The van der Waals surface area contributed by atoms with Crippen molar-refractivity contribution in [3.05, 3.63) is 67.3 Å². The molecule has 496 valence electrons. The summed E-state index contributed by atoms with van der Waals surface area (Å²) in [4.78, 5) is 148. The Morgan fingerprint density at radius 2 is 1.57 bits per heavy atom. The van der Waals surface area contributed by atoms with Crippen molar-refractivity contribution in [2.45, 2.75) is 102 Å². The van der Waals surface area contributed by atoms with Crippen LogP contribution in [-0.2, 0) is 84.2 Å². The summed E-state index contributed by atoms with van der Waals surface area (Å²) in [6.45, 7) is -2.66. The predicted molar refractivity (Wildman–Crippen MR) is 315 cm³/mol. The van der Waals surface area contributed by atoms with Gasteiger partial charge in [0, 0.05) is 48.8 Å². The fourth-order valence-corrected chi connectivity index (χ4v) is 11.2. The number of nitrogen functional groups attached to an aromatic ring is 1. The quantitative estimate of drug-likeness (QED) is 0.0172. The van der Waals surface area contributed by atoms with E-state index in [1.54, 1.807) is 26.0 Å². The van der Waals surface area contributed by atoms with E-state index in [-0.39, 0.29) is 99.3 Å². The fraction of sp³-hybridized carbons (Fsp3) is 0.490. The van der Waals surface area contributed by atoms with Crippen LogP contribution in [0.15, 0.2) is 61.7 Å². The lowest BCUT2D eigenvalue weighted by atomic mass is 10.0. The van der Waals surface area contributed by atoms with E-state index in [2.05, 4.69) is 56.5 Å². The number of ether oxygens (including phenoxy) is 5. The van der Waals surface area contributed by atoms with Crippen molar-refractivity contribution >= 4 is 114 Å². The highest BCUT2D eigenvalue weighted by atomic mass is 32.5. The van der Waals surface area contributed by atoms with Gasteiger partial charge in [0.2, 0.25) is 17.7 Å². The van der Waals surface area contributed by atoms with Crippen molar-refractivity contribution in [3.63, 3.8) is 0 Å². The molecule has 5 aromatic rings. The molecule has 3 aliphatic heterocycles. The standard InChI is InChI=1S/C51H63F2N17O19P2S/c1-26(2)37(65-32(71)12-16-82-17-15-68-33(72)10-11-34(68)73)46(75)64-30(5-4-13-56-49(55)76)45(74)63-28-8-6-27(7-9-28)20-84-51(78)67(3)14-18-83-50(77)66-42-39-44(60-23-58-42)70(25-62-39)48-36(53)40(31(86-48)21-85-90(79)80)89-91(81,92)88-35-19-29(52)47(87-35)69-24-61-38-41(54)57-22-59-43(38)69/h6-11,22-26,29-31,35-37,40,47-48H,4-5,12-21H2,1-3H3,(H10-,54,55,56,57,58,59,60,63,64,65,66,71,74,75,76,77,79,80,81,92)/p+1. The maximum absolute atomic E-state index is 16.6. The Morgan fingerprint density at radius 3 is 2.26 bits per heavy atom. The van der Waals surface area contributed by atoms with E-state index in [4.69, 9.17) is 60.5 Å². The first-order chi connectivity index (χ1) is 43.9. The average Bonchev–Trinajstić information content (AvgIpc) is 1.62. The van der Waals surface area contributed by atoms with Gasteiger partial charge in [-0.3, -0.25) is 52.4 Å². The number of nitrogens with one attached hydrogen (secondary N) is 5. The number of halogens is 2. The zero-order valence-corrected chi connectivity index (χ0v) is 51.7. The molecule has 11 atom stereocenters. The Morgan fingerprint density at radius 1 is 0.880 bits per heavy atom. The summed E-state index contributed by atoms with van der Waals surface area (Å²) in [5.41, 5.74) is 11.9. The number of carbonyl (C=O) groups excluding carboxylic acids is 8. The lowest BCUT2D eigenvalue weighted by molar-refractivity contribution is -0.138. The molecule has 2 saturated heterocycles. The molecule has 11 unspecified atom stereocenters. The minimum atomic E-state index is -4.57. The number of nitrogens with zero attached hydrogens (tertiary/aromatic N) is 10. The highest BCUT2D eigenvalue weighted by Gasteiger charge is 2.52. The number of amides is 9. The third kappa shape index (κ3) is 18.4. The average molecular weight is 1350 g/mol. The summed E-state index contributed by atoms with van der Waals surface area (Å²) >= 11 is 5.20. The van der Waals surface area contributed by atoms with Crippen molar-refractivity contribution < 1.29 is 98.7 Å². The first-order valence-corrected chi connectivity index (χ1v) is 31.7. The number of benzene rings is 1. The van der Waals surface area contributed by atoms with Gasteiger partial charge in [0.15, 0.2) is 59.5 Å². The number of hydrogen-bond acceptors (Lipinski definition) is 25. The normalized spacial score (nSPS) is 21.0. The number of alkyl halides is 2. The van der Waals surface area contributed by atoms with Gasteiger partial charge in [0.05, 0.1) is 39.0 Å². The minimum Gasteiger partial charge on any atom is -0.447 e. The second-order valence-electron chi connectivity index (χ2n) is 20.8.